The topological polar surface area (TPSA) is 133 Å². The van der Waals surface area contributed by atoms with E-state index in [0.29, 0.717) is 23.6 Å². The second-order valence-electron chi connectivity index (χ2n) is 7.71. The number of nitrogens with two attached hydrogens (primary N) is 1. The maximum Gasteiger partial charge on any atom is 0.143 e. The Morgan fingerprint density at radius 1 is 1.40 bits per heavy atom. The van der Waals surface area contributed by atoms with Crippen molar-refractivity contribution in [2.45, 2.75) is 38.6 Å². The third-order valence-electron chi connectivity index (χ3n) is 5.90. The molecule has 0 amide bonds. The van der Waals surface area contributed by atoms with Crippen LogP contribution in [-0.2, 0) is 17.6 Å². The van der Waals surface area contributed by atoms with Crippen molar-refractivity contribution in [3.8, 4) is 0 Å². The Hall–Kier alpha value is -3.26. The highest BCUT2D eigenvalue weighted by Crippen LogP contribution is 2.36. The lowest BCUT2D eigenvalue weighted by Crippen LogP contribution is -2.39. The van der Waals surface area contributed by atoms with Crippen LogP contribution in [0, 0.1) is 11.3 Å². The monoisotopic (exact) mass is 405 g/mol. The SMILES string of the molecule is CCNC(CC=O)C1CCc2[nH]c3ncnc(Nc4ccc(N)c(C=N)c4)c3c2C1. The Bertz CT molecular complexity index is 1070. The predicted molar refractivity (Wildman–Crippen MR) is 120 cm³/mol. The summed E-state index contributed by atoms with van der Waals surface area (Å²) in [6.07, 6.45) is 7.15. The zero-order chi connectivity index (χ0) is 21.1. The normalized spacial score (nSPS) is 16.8. The van der Waals surface area contributed by atoms with E-state index in [0.717, 1.165) is 54.6 Å². The summed E-state index contributed by atoms with van der Waals surface area (Å²) in [6, 6.07) is 5.68. The first-order chi connectivity index (χ1) is 14.6. The summed E-state index contributed by atoms with van der Waals surface area (Å²) in [6.45, 7) is 2.92. The molecule has 1 aliphatic carbocycles. The third kappa shape index (κ3) is 3.78. The van der Waals surface area contributed by atoms with Crippen LogP contribution in [0.2, 0.25) is 0 Å². The van der Waals surface area contributed by atoms with Gasteiger partial charge < -0.3 is 31.6 Å². The number of fused-ring (bicyclic) bond motifs is 3. The van der Waals surface area contributed by atoms with Crippen LogP contribution in [0.3, 0.4) is 0 Å². The molecule has 2 heterocycles. The number of aromatic amines is 1. The molecule has 1 aliphatic rings. The maximum absolute atomic E-state index is 11.2. The number of hydrogen-bond acceptors (Lipinski definition) is 7. The van der Waals surface area contributed by atoms with Crippen molar-refractivity contribution in [3.63, 3.8) is 0 Å². The summed E-state index contributed by atoms with van der Waals surface area (Å²) in [4.78, 5) is 23.6. The van der Waals surface area contributed by atoms with Crippen molar-refractivity contribution in [2.24, 2.45) is 5.92 Å². The first kappa shape index (κ1) is 20.0. The van der Waals surface area contributed by atoms with Gasteiger partial charge in [0.2, 0.25) is 0 Å². The van der Waals surface area contributed by atoms with Crippen molar-refractivity contribution in [1.29, 1.82) is 5.41 Å². The number of H-pyrrole nitrogens is 1. The minimum absolute atomic E-state index is 0.180. The summed E-state index contributed by atoms with van der Waals surface area (Å²) in [5.41, 5.74) is 11.2. The van der Waals surface area contributed by atoms with E-state index >= 15 is 0 Å². The van der Waals surface area contributed by atoms with Gasteiger partial charge in [-0.25, -0.2) is 9.97 Å². The van der Waals surface area contributed by atoms with E-state index in [1.165, 1.54) is 17.5 Å². The minimum atomic E-state index is 0.180. The van der Waals surface area contributed by atoms with Gasteiger partial charge in [0, 0.05) is 41.3 Å². The third-order valence-corrected chi connectivity index (χ3v) is 5.90. The van der Waals surface area contributed by atoms with Gasteiger partial charge in [-0.15, -0.1) is 0 Å². The fourth-order valence-electron chi connectivity index (χ4n) is 4.43. The quantitative estimate of drug-likeness (QED) is 0.222. The van der Waals surface area contributed by atoms with Crippen molar-refractivity contribution in [3.05, 3.63) is 41.3 Å². The number of aldehydes is 1. The van der Waals surface area contributed by atoms with Crippen molar-refractivity contribution >= 4 is 40.7 Å². The minimum Gasteiger partial charge on any atom is -0.398 e. The highest BCUT2D eigenvalue weighted by atomic mass is 16.1. The van der Waals surface area contributed by atoms with Gasteiger partial charge in [-0.3, -0.25) is 0 Å². The van der Waals surface area contributed by atoms with E-state index < -0.39 is 0 Å². The summed E-state index contributed by atoms with van der Waals surface area (Å²) in [5, 5.41) is 15.4. The van der Waals surface area contributed by atoms with Crippen LogP contribution in [0.4, 0.5) is 17.2 Å². The Labute approximate surface area is 175 Å². The molecule has 2 atom stereocenters. The average Bonchev–Trinajstić information content (AvgIpc) is 3.13. The van der Waals surface area contributed by atoms with Crippen LogP contribution in [-0.4, -0.2) is 40.0 Å². The van der Waals surface area contributed by atoms with Crippen LogP contribution in [0.5, 0.6) is 0 Å². The van der Waals surface area contributed by atoms with E-state index in [-0.39, 0.29) is 6.04 Å². The first-order valence-electron chi connectivity index (χ1n) is 10.3. The van der Waals surface area contributed by atoms with E-state index in [1.807, 2.05) is 12.1 Å². The molecule has 0 aliphatic heterocycles. The van der Waals surface area contributed by atoms with Gasteiger partial charge in [0.05, 0.1) is 5.39 Å². The lowest BCUT2D eigenvalue weighted by Gasteiger charge is -2.30. The highest BCUT2D eigenvalue weighted by Gasteiger charge is 2.29. The Morgan fingerprint density at radius 2 is 2.27 bits per heavy atom. The molecule has 1 aromatic carbocycles. The molecule has 0 bridgehead atoms. The van der Waals surface area contributed by atoms with Crippen molar-refractivity contribution in [2.75, 3.05) is 17.6 Å². The van der Waals surface area contributed by atoms with Crippen LogP contribution in [0.25, 0.3) is 11.0 Å². The molecule has 3 aromatic rings. The molecule has 2 aromatic heterocycles. The van der Waals surface area contributed by atoms with Gasteiger partial charge in [0.1, 0.15) is 24.1 Å². The van der Waals surface area contributed by atoms with E-state index in [9.17, 15) is 4.79 Å². The van der Waals surface area contributed by atoms with Gasteiger partial charge >= 0.3 is 0 Å². The molecule has 4 rings (SSSR count). The van der Waals surface area contributed by atoms with Crippen LogP contribution < -0.4 is 16.4 Å². The van der Waals surface area contributed by atoms with Crippen LogP contribution in [0.15, 0.2) is 24.5 Å². The molecule has 0 saturated heterocycles. The molecule has 0 fully saturated rings. The lowest BCUT2D eigenvalue weighted by atomic mass is 9.81. The second-order valence-corrected chi connectivity index (χ2v) is 7.71. The maximum atomic E-state index is 11.2. The fraction of sp³-hybridized carbons (Fsp3) is 0.364. The number of benzene rings is 1. The number of hydrogen-bond donors (Lipinski definition) is 5. The zero-order valence-electron chi connectivity index (χ0n) is 17.0. The smallest absolute Gasteiger partial charge is 0.143 e. The lowest BCUT2D eigenvalue weighted by molar-refractivity contribution is -0.108. The Balaban J connectivity index is 1.70. The largest absolute Gasteiger partial charge is 0.398 e. The molecule has 8 heteroatoms. The molecule has 2 unspecified atom stereocenters. The molecule has 0 radical (unpaired) electrons. The number of aryl methyl sites for hydroxylation is 1. The van der Waals surface area contributed by atoms with Gasteiger partial charge in [0.15, 0.2) is 0 Å². The van der Waals surface area contributed by atoms with Crippen LogP contribution in [0.1, 0.15) is 36.6 Å². The van der Waals surface area contributed by atoms with Crippen molar-refractivity contribution in [1.82, 2.24) is 20.3 Å². The summed E-state index contributed by atoms with van der Waals surface area (Å²) in [7, 11) is 0. The van der Waals surface area contributed by atoms with E-state index in [2.05, 4.69) is 32.5 Å². The summed E-state index contributed by atoms with van der Waals surface area (Å²) < 4.78 is 0. The number of nitrogens with one attached hydrogen (secondary N) is 4. The standard InChI is InChI=1S/C22H27N7O/c1-2-25-18(7-8-30)13-3-6-19-16(10-13)20-21(26-12-27-22(20)29-19)28-15-4-5-17(24)14(9-15)11-23/h4-5,8-9,11-13,18,23,25H,2-3,6-7,10,24H2,1H3,(H2,26,27,28,29). The van der Waals surface area contributed by atoms with Gasteiger partial charge in [-0.2, -0.15) is 0 Å². The molecule has 8 nitrogen and oxygen atoms in total. The number of nitrogens with zero attached hydrogens (tertiary/aromatic N) is 2. The predicted octanol–water partition coefficient (Wildman–Crippen LogP) is 2.95. The number of carbonyl (C=O) groups is 1. The molecule has 0 saturated carbocycles. The summed E-state index contributed by atoms with van der Waals surface area (Å²) >= 11 is 0. The van der Waals surface area contributed by atoms with Crippen molar-refractivity contribution < 1.29 is 4.79 Å². The number of anilines is 3. The zero-order valence-corrected chi connectivity index (χ0v) is 17.0. The first-order valence-corrected chi connectivity index (χ1v) is 10.3. The molecule has 6 N–H and O–H groups in total. The van der Waals surface area contributed by atoms with E-state index in [4.69, 9.17) is 11.1 Å². The van der Waals surface area contributed by atoms with E-state index in [1.54, 1.807) is 12.4 Å². The molecule has 156 valence electrons. The average molecular weight is 406 g/mol. The Morgan fingerprint density at radius 3 is 3.03 bits per heavy atom. The van der Waals surface area contributed by atoms with Gasteiger partial charge in [-0.05, 0) is 55.5 Å². The molecular formula is C22H27N7O. The number of aromatic nitrogens is 3. The van der Waals surface area contributed by atoms with Crippen LogP contribution >= 0.6 is 0 Å². The molecule has 0 spiro atoms. The molecular weight excluding hydrogens is 378 g/mol. The molecule has 30 heavy (non-hydrogen) atoms. The number of carbonyl (C=O) groups excluding carboxylic acids is 1. The Kier molecular flexibility index (Phi) is 5.76. The van der Waals surface area contributed by atoms with Gasteiger partial charge in [0.25, 0.3) is 0 Å². The van der Waals surface area contributed by atoms with Gasteiger partial charge in [-0.1, -0.05) is 6.92 Å². The fourth-order valence-corrected chi connectivity index (χ4v) is 4.43. The second kappa shape index (κ2) is 8.62. The number of rotatable bonds is 8. The highest BCUT2D eigenvalue weighted by molar-refractivity contribution is 5.94. The summed E-state index contributed by atoms with van der Waals surface area (Å²) in [5.74, 6) is 1.12. The number of nitrogen functional groups attached to an aromatic ring is 1.